The van der Waals surface area contributed by atoms with Crippen LogP contribution in [0.4, 0.5) is 17.1 Å². The number of nitro groups is 1. The third-order valence-corrected chi connectivity index (χ3v) is 8.09. The van der Waals surface area contributed by atoms with Crippen molar-refractivity contribution in [1.29, 1.82) is 0 Å². The number of amides is 2. The summed E-state index contributed by atoms with van der Waals surface area (Å²) in [7, 11) is 1.77. The minimum Gasteiger partial charge on any atom is -0.388 e. The third kappa shape index (κ3) is 6.12. The Bertz CT molecular complexity index is 1600. The fraction of sp³-hybridized carbons (Fsp3) is 0.414. The Morgan fingerprint density at radius 2 is 1.76 bits per heavy atom. The van der Waals surface area contributed by atoms with Crippen molar-refractivity contribution in [3.8, 4) is 0 Å². The van der Waals surface area contributed by atoms with Crippen molar-refractivity contribution in [2.24, 2.45) is 0 Å². The summed E-state index contributed by atoms with van der Waals surface area (Å²) < 4.78 is 6.18. The highest BCUT2D eigenvalue weighted by molar-refractivity contribution is 9.10. The molecule has 0 radical (unpaired) electrons. The van der Waals surface area contributed by atoms with Gasteiger partial charge in [0.2, 0.25) is 5.56 Å². The summed E-state index contributed by atoms with van der Waals surface area (Å²) in [5.41, 5.74) is 1.33. The van der Waals surface area contributed by atoms with Crippen molar-refractivity contribution in [2.75, 3.05) is 43.9 Å². The smallest absolute Gasteiger partial charge is 0.294 e. The van der Waals surface area contributed by atoms with Gasteiger partial charge in [0.15, 0.2) is 0 Å². The van der Waals surface area contributed by atoms with Crippen LogP contribution in [0, 0.1) is 10.1 Å². The molecule has 222 valence electrons. The van der Waals surface area contributed by atoms with Gasteiger partial charge in [0, 0.05) is 66.9 Å². The van der Waals surface area contributed by atoms with Gasteiger partial charge in [-0.25, -0.2) is 0 Å². The van der Waals surface area contributed by atoms with E-state index in [2.05, 4.69) is 31.5 Å². The highest BCUT2D eigenvalue weighted by Gasteiger charge is 2.33. The highest BCUT2D eigenvalue weighted by atomic mass is 79.9. The maximum absolute atomic E-state index is 13.7. The zero-order valence-electron chi connectivity index (χ0n) is 23.6. The lowest BCUT2D eigenvalue weighted by atomic mass is 10.0. The first-order valence-corrected chi connectivity index (χ1v) is 14.7. The fourth-order valence-electron chi connectivity index (χ4n) is 5.82. The number of pyridine rings is 1. The standard InChI is InChI=1S/C29H33BrN6O6/c1-16-13-35(14-17(2)42-16)29(39)23-9-18(30)10-25(36(40)41)27(23)32-20-5-4-8-34(15-20)28(38)22-12-26(37)33-24-11-19(31-3)6-7-21(22)24/h6-7,9-12,16-17,20,31-32H,4-5,8,13-15H2,1-3H3,(H,33,37)/t16-,17+,20-/m1/s1. The van der Waals surface area contributed by atoms with E-state index in [1.54, 1.807) is 35.0 Å². The molecule has 5 rings (SSSR count). The Kier molecular flexibility index (Phi) is 8.50. The maximum Gasteiger partial charge on any atom is 0.294 e. The van der Waals surface area contributed by atoms with Crippen LogP contribution in [0.15, 0.2) is 45.7 Å². The molecule has 2 saturated heterocycles. The number of halogens is 1. The van der Waals surface area contributed by atoms with Crippen LogP contribution in [0.5, 0.6) is 0 Å². The average Bonchev–Trinajstić information content (AvgIpc) is 2.95. The Labute approximate surface area is 250 Å². The van der Waals surface area contributed by atoms with Gasteiger partial charge in [-0.3, -0.25) is 24.5 Å². The van der Waals surface area contributed by atoms with Crippen LogP contribution < -0.4 is 16.2 Å². The van der Waals surface area contributed by atoms with Crippen LogP contribution in [0.1, 0.15) is 47.4 Å². The van der Waals surface area contributed by atoms with Gasteiger partial charge < -0.3 is 30.2 Å². The molecule has 0 aliphatic carbocycles. The predicted molar refractivity (Wildman–Crippen MR) is 163 cm³/mol. The largest absolute Gasteiger partial charge is 0.388 e. The molecule has 2 aromatic carbocycles. The Hall–Kier alpha value is -3.97. The van der Waals surface area contributed by atoms with Crippen LogP contribution in [0.2, 0.25) is 0 Å². The van der Waals surface area contributed by atoms with Crippen molar-refractivity contribution in [1.82, 2.24) is 14.8 Å². The first-order chi connectivity index (χ1) is 20.0. The lowest BCUT2D eigenvalue weighted by Crippen LogP contribution is -2.48. The molecule has 1 aromatic heterocycles. The minimum atomic E-state index is -0.512. The van der Waals surface area contributed by atoms with E-state index < -0.39 is 4.92 Å². The summed E-state index contributed by atoms with van der Waals surface area (Å²) in [5, 5.41) is 19.0. The van der Waals surface area contributed by atoms with Crippen molar-refractivity contribution in [3.63, 3.8) is 0 Å². The van der Waals surface area contributed by atoms with Gasteiger partial charge in [0.1, 0.15) is 5.69 Å². The number of likely N-dealkylation sites (tertiary alicyclic amines) is 1. The van der Waals surface area contributed by atoms with E-state index in [-0.39, 0.29) is 64.7 Å². The number of ether oxygens (including phenoxy) is 1. The molecule has 2 fully saturated rings. The third-order valence-electron chi connectivity index (χ3n) is 7.64. The summed E-state index contributed by atoms with van der Waals surface area (Å²) in [4.78, 5) is 57.6. The molecule has 0 bridgehead atoms. The number of piperidine rings is 1. The number of hydrogen-bond acceptors (Lipinski definition) is 8. The van der Waals surface area contributed by atoms with Crippen LogP contribution in [-0.4, -0.2) is 83.0 Å². The van der Waals surface area contributed by atoms with E-state index in [0.717, 1.165) is 5.69 Å². The van der Waals surface area contributed by atoms with E-state index in [0.29, 0.717) is 47.9 Å². The molecule has 42 heavy (non-hydrogen) atoms. The molecule has 0 spiro atoms. The Balaban J connectivity index is 1.44. The van der Waals surface area contributed by atoms with Crippen LogP contribution in [0.25, 0.3) is 10.9 Å². The summed E-state index contributed by atoms with van der Waals surface area (Å²) in [6.07, 6.45) is 0.943. The van der Waals surface area contributed by atoms with Crippen LogP contribution in [0.3, 0.4) is 0 Å². The second-order valence-corrected chi connectivity index (χ2v) is 11.8. The van der Waals surface area contributed by atoms with Gasteiger partial charge >= 0.3 is 0 Å². The normalized spacial score (nSPS) is 20.8. The number of carbonyl (C=O) groups is 2. The molecule has 3 heterocycles. The Morgan fingerprint density at radius 3 is 2.45 bits per heavy atom. The molecule has 3 aromatic rings. The molecule has 12 nitrogen and oxygen atoms in total. The average molecular weight is 642 g/mol. The molecular formula is C29H33BrN6O6. The zero-order chi connectivity index (χ0) is 30.1. The number of nitrogens with zero attached hydrogens (tertiary/aromatic N) is 3. The molecule has 2 amide bonds. The summed E-state index contributed by atoms with van der Waals surface area (Å²) >= 11 is 3.33. The topological polar surface area (TPSA) is 150 Å². The summed E-state index contributed by atoms with van der Waals surface area (Å²) in [5.74, 6) is -0.628. The fourth-order valence-corrected chi connectivity index (χ4v) is 6.26. The van der Waals surface area contributed by atoms with E-state index in [9.17, 15) is 24.5 Å². The van der Waals surface area contributed by atoms with Gasteiger partial charge in [-0.2, -0.15) is 0 Å². The number of fused-ring (bicyclic) bond motifs is 1. The number of aromatic amines is 1. The van der Waals surface area contributed by atoms with Gasteiger partial charge in [0.25, 0.3) is 17.5 Å². The van der Waals surface area contributed by atoms with Gasteiger partial charge in [0.05, 0.1) is 33.8 Å². The molecule has 2 aliphatic heterocycles. The minimum absolute atomic E-state index is 0.125. The van der Waals surface area contributed by atoms with Crippen molar-refractivity contribution in [3.05, 3.63) is 72.5 Å². The van der Waals surface area contributed by atoms with Crippen molar-refractivity contribution in [2.45, 2.75) is 44.9 Å². The molecule has 0 saturated carbocycles. The maximum atomic E-state index is 13.7. The number of benzene rings is 2. The lowest BCUT2D eigenvalue weighted by molar-refractivity contribution is -0.384. The number of aromatic nitrogens is 1. The summed E-state index contributed by atoms with van der Waals surface area (Å²) in [6.45, 7) is 5.22. The molecule has 2 aliphatic rings. The summed E-state index contributed by atoms with van der Waals surface area (Å²) in [6, 6.07) is 9.31. The monoisotopic (exact) mass is 640 g/mol. The molecule has 3 atom stereocenters. The number of morpholine rings is 1. The van der Waals surface area contributed by atoms with Crippen LogP contribution in [-0.2, 0) is 4.74 Å². The SMILES string of the molecule is CNc1ccc2c(C(=O)N3CCC[C@@H](Nc4c(C(=O)N5C[C@@H](C)O[C@@H](C)C5)cc(Br)cc4[N+](=O)[O-])C3)cc(=O)[nH]c2c1. The van der Waals surface area contributed by atoms with E-state index in [4.69, 9.17) is 4.74 Å². The number of carbonyl (C=O) groups excluding carboxylic acids is 2. The number of hydrogen-bond donors (Lipinski definition) is 3. The van der Waals surface area contributed by atoms with Gasteiger partial charge in [-0.1, -0.05) is 22.0 Å². The number of nitrogens with one attached hydrogen (secondary N) is 3. The van der Waals surface area contributed by atoms with E-state index >= 15 is 0 Å². The second-order valence-electron chi connectivity index (χ2n) is 10.9. The lowest BCUT2D eigenvalue weighted by Gasteiger charge is -2.36. The molecule has 0 unspecified atom stereocenters. The number of rotatable bonds is 6. The molecule has 3 N–H and O–H groups in total. The van der Waals surface area contributed by atoms with E-state index in [1.807, 2.05) is 19.9 Å². The second kappa shape index (κ2) is 12.1. The first-order valence-electron chi connectivity index (χ1n) is 13.9. The van der Waals surface area contributed by atoms with Crippen molar-refractivity contribution >= 4 is 55.7 Å². The molecular weight excluding hydrogens is 608 g/mol. The van der Waals surface area contributed by atoms with Crippen LogP contribution >= 0.6 is 15.9 Å². The molecule has 13 heteroatoms. The number of nitro benzene ring substituents is 1. The first kappa shape index (κ1) is 29.5. The van der Waals surface area contributed by atoms with E-state index in [1.165, 1.54) is 12.1 Å². The quantitative estimate of drug-likeness (QED) is 0.268. The van der Waals surface area contributed by atoms with Crippen molar-refractivity contribution < 1.29 is 19.2 Å². The number of anilines is 2. The predicted octanol–water partition coefficient (Wildman–Crippen LogP) is 4.21. The van der Waals surface area contributed by atoms with Gasteiger partial charge in [-0.15, -0.1) is 0 Å². The zero-order valence-corrected chi connectivity index (χ0v) is 25.2. The highest BCUT2D eigenvalue weighted by Crippen LogP contribution is 2.35. The van der Waals surface area contributed by atoms with Gasteiger partial charge in [-0.05, 0) is 44.9 Å². The number of H-pyrrole nitrogens is 1. The Morgan fingerprint density at radius 1 is 1.05 bits per heavy atom.